The Morgan fingerprint density at radius 1 is 1.14 bits per heavy atom. The van der Waals surface area contributed by atoms with E-state index in [0.29, 0.717) is 29.3 Å². The number of anilines is 1. The highest BCUT2D eigenvalue weighted by Gasteiger charge is 2.31. The standard InChI is InChI=1S/C21H23N3O4/c1-4-28-16-10-8-15(9-11-16)23-20(25)18-13(2)22-21(26)24-19(18)14-6-5-7-17(12-14)27-3/h5-12,19H,4H2,1-3H3,(H,23,25)(H2,22,24,26)/t19-/m0/s1. The van der Waals surface area contributed by atoms with Gasteiger partial charge in [0.2, 0.25) is 0 Å². The van der Waals surface area contributed by atoms with Crippen LogP contribution in [0.25, 0.3) is 0 Å². The van der Waals surface area contributed by atoms with Crippen LogP contribution in [-0.4, -0.2) is 25.7 Å². The third-order valence-corrected chi connectivity index (χ3v) is 4.36. The largest absolute Gasteiger partial charge is 0.497 e. The highest BCUT2D eigenvalue weighted by Crippen LogP contribution is 2.30. The minimum absolute atomic E-state index is 0.304. The first-order valence-electron chi connectivity index (χ1n) is 8.98. The molecule has 3 N–H and O–H groups in total. The van der Waals surface area contributed by atoms with E-state index in [-0.39, 0.29) is 11.9 Å². The number of allylic oxidation sites excluding steroid dienone is 1. The SMILES string of the molecule is CCOc1ccc(NC(=O)C2=C(C)NC(=O)N[C@H]2c2cccc(OC)c2)cc1. The minimum Gasteiger partial charge on any atom is -0.497 e. The number of benzene rings is 2. The summed E-state index contributed by atoms with van der Waals surface area (Å²) in [5.74, 6) is 1.08. The third kappa shape index (κ3) is 4.25. The van der Waals surface area contributed by atoms with Gasteiger partial charge in [-0.2, -0.15) is 0 Å². The molecule has 2 aromatic carbocycles. The Morgan fingerprint density at radius 3 is 2.57 bits per heavy atom. The van der Waals surface area contributed by atoms with Crippen LogP contribution in [0.3, 0.4) is 0 Å². The Balaban J connectivity index is 1.88. The summed E-state index contributed by atoms with van der Waals surface area (Å²) in [6.45, 7) is 4.19. The van der Waals surface area contributed by atoms with Crippen LogP contribution in [0.15, 0.2) is 59.8 Å². The molecule has 0 unspecified atom stereocenters. The van der Waals surface area contributed by atoms with Gasteiger partial charge in [0.15, 0.2) is 0 Å². The number of amides is 3. The molecule has 28 heavy (non-hydrogen) atoms. The van der Waals surface area contributed by atoms with Gasteiger partial charge in [-0.15, -0.1) is 0 Å². The zero-order chi connectivity index (χ0) is 20.1. The number of urea groups is 1. The lowest BCUT2D eigenvalue weighted by molar-refractivity contribution is -0.113. The van der Waals surface area contributed by atoms with Crippen LogP contribution in [-0.2, 0) is 4.79 Å². The molecule has 0 bridgehead atoms. The van der Waals surface area contributed by atoms with Crippen LogP contribution in [0.5, 0.6) is 11.5 Å². The topological polar surface area (TPSA) is 88.7 Å². The molecule has 1 atom stereocenters. The fourth-order valence-corrected chi connectivity index (χ4v) is 3.07. The van der Waals surface area contributed by atoms with Crippen molar-refractivity contribution in [2.24, 2.45) is 0 Å². The second-order valence-corrected chi connectivity index (χ2v) is 6.26. The molecule has 3 rings (SSSR count). The number of hydrogen-bond donors (Lipinski definition) is 3. The van der Waals surface area contributed by atoms with E-state index < -0.39 is 6.04 Å². The zero-order valence-electron chi connectivity index (χ0n) is 16.0. The molecule has 3 amide bonds. The quantitative estimate of drug-likeness (QED) is 0.716. The van der Waals surface area contributed by atoms with Crippen LogP contribution in [0.1, 0.15) is 25.5 Å². The van der Waals surface area contributed by atoms with Gasteiger partial charge < -0.3 is 25.4 Å². The highest BCUT2D eigenvalue weighted by molar-refractivity contribution is 6.06. The Bertz CT molecular complexity index is 906. The number of carbonyl (C=O) groups is 2. The number of methoxy groups -OCH3 is 1. The predicted octanol–water partition coefficient (Wildman–Crippen LogP) is 3.36. The van der Waals surface area contributed by atoms with Crippen molar-refractivity contribution in [3.05, 3.63) is 65.4 Å². The van der Waals surface area contributed by atoms with Crippen LogP contribution in [0.4, 0.5) is 10.5 Å². The van der Waals surface area contributed by atoms with E-state index in [1.807, 2.05) is 25.1 Å². The Labute approximate surface area is 163 Å². The summed E-state index contributed by atoms with van der Waals surface area (Å²) in [4.78, 5) is 25.0. The van der Waals surface area contributed by atoms with Crippen molar-refractivity contribution < 1.29 is 19.1 Å². The Morgan fingerprint density at radius 2 is 1.89 bits per heavy atom. The molecule has 1 aliphatic heterocycles. The number of carbonyl (C=O) groups excluding carboxylic acids is 2. The molecular weight excluding hydrogens is 358 g/mol. The van der Waals surface area contributed by atoms with E-state index in [0.717, 1.165) is 11.3 Å². The molecule has 7 nitrogen and oxygen atoms in total. The lowest BCUT2D eigenvalue weighted by Gasteiger charge is -2.28. The average molecular weight is 381 g/mol. The van der Waals surface area contributed by atoms with Crippen molar-refractivity contribution in [3.8, 4) is 11.5 Å². The molecule has 1 aliphatic rings. The van der Waals surface area contributed by atoms with Crippen molar-refractivity contribution >= 4 is 17.6 Å². The number of hydrogen-bond acceptors (Lipinski definition) is 4. The molecule has 0 saturated heterocycles. The van der Waals surface area contributed by atoms with Crippen LogP contribution >= 0.6 is 0 Å². The summed E-state index contributed by atoms with van der Waals surface area (Å²) in [7, 11) is 1.57. The highest BCUT2D eigenvalue weighted by atomic mass is 16.5. The van der Waals surface area contributed by atoms with Crippen LogP contribution in [0.2, 0.25) is 0 Å². The van der Waals surface area contributed by atoms with Crippen molar-refractivity contribution in [3.63, 3.8) is 0 Å². The third-order valence-electron chi connectivity index (χ3n) is 4.36. The maximum Gasteiger partial charge on any atom is 0.319 e. The van der Waals surface area contributed by atoms with E-state index in [1.54, 1.807) is 44.4 Å². The number of ether oxygens (including phenoxy) is 2. The van der Waals surface area contributed by atoms with E-state index >= 15 is 0 Å². The summed E-state index contributed by atoms with van der Waals surface area (Å²) in [6.07, 6.45) is 0. The van der Waals surface area contributed by atoms with Gasteiger partial charge in [0.1, 0.15) is 11.5 Å². The first kappa shape index (κ1) is 19.3. The summed E-state index contributed by atoms with van der Waals surface area (Å²) < 4.78 is 10.7. The van der Waals surface area contributed by atoms with Crippen molar-refractivity contribution in [2.45, 2.75) is 19.9 Å². The molecule has 0 radical (unpaired) electrons. The maximum absolute atomic E-state index is 13.0. The van der Waals surface area contributed by atoms with E-state index in [9.17, 15) is 9.59 Å². The molecule has 1 heterocycles. The Kier molecular flexibility index (Phi) is 5.84. The normalized spacial score (nSPS) is 16.1. The number of rotatable bonds is 6. The minimum atomic E-state index is -0.591. The van der Waals surface area contributed by atoms with E-state index in [4.69, 9.17) is 9.47 Å². The van der Waals surface area contributed by atoms with Crippen LogP contribution in [0, 0.1) is 0 Å². The summed E-state index contributed by atoms with van der Waals surface area (Å²) in [5.41, 5.74) is 2.32. The fourth-order valence-electron chi connectivity index (χ4n) is 3.07. The monoisotopic (exact) mass is 381 g/mol. The van der Waals surface area contributed by atoms with Gasteiger partial charge >= 0.3 is 6.03 Å². The van der Waals surface area contributed by atoms with Gasteiger partial charge in [-0.1, -0.05) is 12.1 Å². The molecule has 2 aromatic rings. The van der Waals surface area contributed by atoms with Crippen molar-refractivity contribution in [2.75, 3.05) is 19.0 Å². The van der Waals surface area contributed by atoms with Gasteiger partial charge in [0.25, 0.3) is 5.91 Å². The van der Waals surface area contributed by atoms with E-state index in [1.165, 1.54) is 0 Å². The van der Waals surface area contributed by atoms with Crippen molar-refractivity contribution in [1.82, 2.24) is 10.6 Å². The molecule has 7 heteroatoms. The second-order valence-electron chi connectivity index (χ2n) is 6.26. The first-order chi connectivity index (χ1) is 13.5. The molecule has 146 valence electrons. The molecule has 0 spiro atoms. The molecular formula is C21H23N3O4. The second kappa shape index (κ2) is 8.47. The molecule has 0 saturated carbocycles. The number of nitrogens with one attached hydrogen (secondary N) is 3. The smallest absolute Gasteiger partial charge is 0.319 e. The summed E-state index contributed by atoms with van der Waals surface area (Å²) in [5, 5.41) is 8.36. The summed E-state index contributed by atoms with van der Waals surface area (Å²) in [6, 6.07) is 13.4. The van der Waals surface area contributed by atoms with E-state index in [2.05, 4.69) is 16.0 Å². The maximum atomic E-state index is 13.0. The molecule has 0 aliphatic carbocycles. The molecule has 0 aromatic heterocycles. The molecule has 0 fully saturated rings. The predicted molar refractivity (Wildman–Crippen MR) is 106 cm³/mol. The van der Waals surface area contributed by atoms with Gasteiger partial charge in [-0.3, -0.25) is 4.79 Å². The lowest BCUT2D eigenvalue weighted by atomic mass is 9.94. The zero-order valence-corrected chi connectivity index (χ0v) is 16.0. The Hall–Kier alpha value is -3.48. The van der Waals surface area contributed by atoms with Gasteiger partial charge in [0.05, 0.1) is 25.3 Å². The first-order valence-corrected chi connectivity index (χ1v) is 8.98. The average Bonchev–Trinajstić information content (AvgIpc) is 2.69. The lowest BCUT2D eigenvalue weighted by Crippen LogP contribution is -2.45. The van der Waals surface area contributed by atoms with Crippen molar-refractivity contribution in [1.29, 1.82) is 0 Å². The van der Waals surface area contributed by atoms with Crippen LogP contribution < -0.4 is 25.4 Å². The fraction of sp³-hybridized carbons (Fsp3) is 0.238. The van der Waals surface area contributed by atoms with Gasteiger partial charge in [-0.05, 0) is 55.8 Å². The summed E-state index contributed by atoms with van der Waals surface area (Å²) >= 11 is 0. The van der Waals surface area contributed by atoms with Gasteiger partial charge in [-0.25, -0.2) is 4.79 Å². The van der Waals surface area contributed by atoms with Gasteiger partial charge in [0, 0.05) is 11.4 Å².